The number of allylic oxidation sites excluding steroid dienone is 2. The number of ether oxygens (including phenoxy) is 1. The summed E-state index contributed by atoms with van der Waals surface area (Å²) < 4.78 is 4.97. The summed E-state index contributed by atoms with van der Waals surface area (Å²) in [5, 5.41) is 0. The van der Waals surface area contributed by atoms with E-state index >= 15 is 0 Å². The molecule has 84 valence electrons. The molecule has 0 aliphatic rings. The van der Waals surface area contributed by atoms with E-state index in [1.54, 1.807) is 7.11 Å². The van der Waals surface area contributed by atoms with Crippen LogP contribution in [0.3, 0.4) is 0 Å². The number of hydrogen-bond acceptors (Lipinski definition) is 2. The summed E-state index contributed by atoms with van der Waals surface area (Å²) in [6.45, 7) is 10.1. The van der Waals surface area contributed by atoms with E-state index in [0.29, 0.717) is 0 Å². The minimum absolute atomic E-state index is 0.735. The number of hydrogen-bond donors (Lipinski definition) is 0. The van der Waals surface area contributed by atoms with Crippen molar-refractivity contribution in [1.82, 2.24) is 0 Å². The van der Waals surface area contributed by atoms with Crippen molar-refractivity contribution in [3.63, 3.8) is 0 Å². The Labute approximate surface area is 89.1 Å². The zero-order valence-electron chi connectivity index (χ0n) is 10.6. The Bertz CT molecular complexity index is 171. The molecule has 0 heterocycles. The lowest BCUT2D eigenvalue weighted by atomic mass is 10.2. The van der Waals surface area contributed by atoms with E-state index in [1.807, 2.05) is 20.8 Å². The van der Waals surface area contributed by atoms with E-state index < -0.39 is 0 Å². The highest BCUT2D eigenvalue weighted by atomic mass is 16.5. The Morgan fingerprint density at radius 2 is 1.86 bits per heavy atom. The fourth-order valence-corrected chi connectivity index (χ4v) is 0.828. The quantitative estimate of drug-likeness (QED) is 0.492. The second-order valence-electron chi connectivity index (χ2n) is 2.67. The van der Waals surface area contributed by atoms with Crippen LogP contribution in [0.15, 0.2) is 16.8 Å². The molecule has 2 nitrogen and oxygen atoms in total. The summed E-state index contributed by atoms with van der Waals surface area (Å²) >= 11 is 0. The molecular formula is C12H25NO. The van der Waals surface area contributed by atoms with Gasteiger partial charge in [-0.1, -0.05) is 40.2 Å². The van der Waals surface area contributed by atoms with Crippen LogP contribution in [0.25, 0.3) is 0 Å². The zero-order valence-corrected chi connectivity index (χ0v) is 10.6. The Balaban J connectivity index is 0. The van der Waals surface area contributed by atoms with Crippen LogP contribution in [-0.4, -0.2) is 13.0 Å². The molecule has 0 fully saturated rings. The van der Waals surface area contributed by atoms with E-state index in [2.05, 4.69) is 24.9 Å². The molecule has 0 saturated carbocycles. The van der Waals surface area contributed by atoms with E-state index in [0.717, 1.165) is 24.4 Å². The molecule has 0 atom stereocenters. The van der Waals surface area contributed by atoms with Gasteiger partial charge in [-0.05, 0) is 12.8 Å². The molecule has 14 heavy (non-hydrogen) atoms. The Morgan fingerprint density at radius 1 is 1.29 bits per heavy atom. The van der Waals surface area contributed by atoms with Crippen LogP contribution in [0, 0.1) is 0 Å². The number of rotatable bonds is 4. The Hall–Kier alpha value is -0.790. The first-order chi connectivity index (χ1) is 6.74. The van der Waals surface area contributed by atoms with Crippen molar-refractivity contribution in [2.24, 2.45) is 4.99 Å². The molecule has 0 spiro atoms. The fraction of sp³-hybridized carbons (Fsp3) is 0.750. The van der Waals surface area contributed by atoms with Crippen LogP contribution in [0.4, 0.5) is 0 Å². The van der Waals surface area contributed by atoms with Gasteiger partial charge in [-0.2, -0.15) is 0 Å². The van der Waals surface area contributed by atoms with Gasteiger partial charge in [0.2, 0.25) is 0 Å². The number of aliphatic imine (C=N–C) groups is 1. The third-order valence-electron chi connectivity index (χ3n) is 1.63. The molecule has 0 aliphatic heterocycles. The van der Waals surface area contributed by atoms with Crippen LogP contribution < -0.4 is 0 Å². The van der Waals surface area contributed by atoms with Gasteiger partial charge in [0.15, 0.2) is 5.90 Å². The molecule has 0 aromatic rings. The number of nitrogens with zero attached hydrogens (tertiary/aromatic N) is 1. The second-order valence-corrected chi connectivity index (χ2v) is 2.67. The van der Waals surface area contributed by atoms with Crippen LogP contribution in [0.1, 0.15) is 53.9 Å². The predicted molar refractivity (Wildman–Crippen MR) is 64.7 cm³/mol. The molecule has 2 heteroatoms. The van der Waals surface area contributed by atoms with Gasteiger partial charge in [0.1, 0.15) is 0 Å². The second kappa shape index (κ2) is 12.2. The molecule has 0 unspecified atom stereocenters. The summed E-state index contributed by atoms with van der Waals surface area (Å²) in [6.07, 6.45) is 5.41. The SMILES string of the molecule is CC.CCCC=C(CC)N=C(C)OC. The normalized spacial score (nSPS) is 11.9. The third-order valence-corrected chi connectivity index (χ3v) is 1.63. The lowest BCUT2D eigenvalue weighted by Crippen LogP contribution is -1.94. The molecule has 0 amide bonds. The molecule has 0 saturated heterocycles. The maximum Gasteiger partial charge on any atom is 0.184 e. The van der Waals surface area contributed by atoms with Gasteiger partial charge < -0.3 is 4.74 Å². The topological polar surface area (TPSA) is 21.6 Å². The molecule has 0 aromatic carbocycles. The standard InChI is InChI=1S/C10H19NO.C2H6/c1-5-7-8-10(6-2)11-9(3)12-4;1-2/h8H,5-7H2,1-4H3;1-2H3. The minimum Gasteiger partial charge on any atom is -0.484 e. The van der Waals surface area contributed by atoms with Crippen molar-refractivity contribution in [1.29, 1.82) is 0 Å². The summed E-state index contributed by atoms with van der Waals surface area (Å²) in [7, 11) is 1.64. The first-order valence-electron chi connectivity index (χ1n) is 5.52. The zero-order chi connectivity index (χ0) is 11.4. The molecule has 0 aromatic heterocycles. The molecule has 0 rings (SSSR count). The molecular weight excluding hydrogens is 174 g/mol. The largest absolute Gasteiger partial charge is 0.484 e. The maximum absolute atomic E-state index is 4.97. The van der Waals surface area contributed by atoms with Crippen molar-refractivity contribution in [3.8, 4) is 0 Å². The summed E-state index contributed by atoms with van der Waals surface area (Å²) in [4.78, 5) is 4.31. The van der Waals surface area contributed by atoms with Crippen molar-refractivity contribution < 1.29 is 4.74 Å². The van der Waals surface area contributed by atoms with Gasteiger partial charge in [-0.15, -0.1) is 0 Å². The summed E-state index contributed by atoms with van der Waals surface area (Å²) in [6, 6.07) is 0. The van der Waals surface area contributed by atoms with E-state index in [1.165, 1.54) is 6.42 Å². The van der Waals surface area contributed by atoms with E-state index in [9.17, 15) is 0 Å². The fourth-order valence-electron chi connectivity index (χ4n) is 0.828. The van der Waals surface area contributed by atoms with Gasteiger partial charge in [0.05, 0.1) is 7.11 Å². The Kier molecular flexibility index (Phi) is 13.7. The van der Waals surface area contributed by atoms with Gasteiger partial charge in [0.25, 0.3) is 0 Å². The first kappa shape index (κ1) is 15.7. The molecule has 0 aliphatic carbocycles. The highest BCUT2D eigenvalue weighted by Crippen LogP contribution is 2.05. The van der Waals surface area contributed by atoms with Crippen LogP contribution >= 0.6 is 0 Å². The van der Waals surface area contributed by atoms with Gasteiger partial charge >= 0.3 is 0 Å². The van der Waals surface area contributed by atoms with Crippen molar-refractivity contribution in [2.45, 2.75) is 53.9 Å². The lowest BCUT2D eigenvalue weighted by Gasteiger charge is -2.00. The van der Waals surface area contributed by atoms with Gasteiger partial charge in [0, 0.05) is 12.6 Å². The first-order valence-corrected chi connectivity index (χ1v) is 5.52. The van der Waals surface area contributed by atoms with Crippen LogP contribution in [0.5, 0.6) is 0 Å². The van der Waals surface area contributed by atoms with Crippen LogP contribution in [0.2, 0.25) is 0 Å². The molecule has 0 N–H and O–H groups in total. The average Bonchev–Trinajstić information content (AvgIpc) is 2.26. The molecule has 0 bridgehead atoms. The average molecular weight is 199 g/mol. The monoisotopic (exact) mass is 199 g/mol. The van der Waals surface area contributed by atoms with Gasteiger partial charge in [-0.3, -0.25) is 0 Å². The predicted octanol–water partition coefficient (Wildman–Crippen LogP) is 4.17. The minimum atomic E-state index is 0.735. The Morgan fingerprint density at radius 3 is 2.21 bits per heavy atom. The third kappa shape index (κ3) is 9.30. The van der Waals surface area contributed by atoms with Crippen molar-refractivity contribution >= 4 is 5.90 Å². The van der Waals surface area contributed by atoms with Crippen molar-refractivity contribution in [3.05, 3.63) is 11.8 Å². The van der Waals surface area contributed by atoms with Crippen LogP contribution in [-0.2, 0) is 4.74 Å². The number of unbranched alkanes of at least 4 members (excludes halogenated alkanes) is 1. The van der Waals surface area contributed by atoms with E-state index in [4.69, 9.17) is 4.74 Å². The number of methoxy groups -OCH3 is 1. The highest BCUT2D eigenvalue weighted by molar-refractivity contribution is 5.74. The van der Waals surface area contributed by atoms with Gasteiger partial charge in [-0.25, -0.2) is 4.99 Å². The smallest absolute Gasteiger partial charge is 0.184 e. The lowest BCUT2D eigenvalue weighted by molar-refractivity contribution is 0.399. The molecule has 0 radical (unpaired) electrons. The highest BCUT2D eigenvalue weighted by Gasteiger charge is 1.91. The summed E-state index contributed by atoms with van der Waals surface area (Å²) in [5.41, 5.74) is 1.12. The maximum atomic E-state index is 4.97. The van der Waals surface area contributed by atoms with E-state index in [-0.39, 0.29) is 0 Å². The summed E-state index contributed by atoms with van der Waals surface area (Å²) in [5.74, 6) is 0.735. The van der Waals surface area contributed by atoms with Crippen molar-refractivity contribution in [2.75, 3.05) is 7.11 Å².